The highest BCUT2D eigenvalue weighted by Crippen LogP contribution is 2.14. The average molecular weight is 201 g/mol. The third kappa shape index (κ3) is 2.85. The number of terminal acetylenes is 1. The Balaban J connectivity index is 2.81. The predicted octanol–water partition coefficient (Wildman–Crippen LogP) is 2.35. The molecule has 0 spiro atoms. The zero-order chi connectivity index (χ0) is 11.3. The molecule has 0 saturated carbocycles. The topological polar surface area (TPSA) is 20.3 Å². The molecule has 0 N–H and O–H groups in total. The Morgan fingerprint density at radius 3 is 2.47 bits per heavy atom. The lowest BCUT2D eigenvalue weighted by Gasteiger charge is -2.15. The monoisotopic (exact) mass is 201 g/mol. The Kier molecular flexibility index (Phi) is 3.93. The van der Waals surface area contributed by atoms with Crippen LogP contribution in [0.2, 0.25) is 0 Å². The van der Waals surface area contributed by atoms with Crippen LogP contribution in [0.15, 0.2) is 24.3 Å². The Bertz CT molecular complexity index is 373. The Morgan fingerprint density at radius 1 is 1.40 bits per heavy atom. The molecule has 0 bridgehead atoms. The van der Waals surface area contributed by atoms with Gasteiger partial charge in [-0.05, 0) is 24.3 Å². The van der Waals surface area contributed by atoms with E-state index in [1.807, 2.05) is 43.1 Å². The van der Waals surface area contributed by atoms with Gasteiger partial charge in [0.1, 0.15) is 0 Å². The second-order valence-electron chi connectivity index (χ2n) is 3.38. The number of carbonyl (C=O) groups excluding carboxylic acids is 1. The molecule has 0 aliphatic carbocycles. The first kappa shape index (κ1) is 11.3. The molecule has 2 heteroatoms. The highest BCUT2D eigenvalue weighted by molar-refractivity contribution is 5.96. The summed E-state index contributed by atoms with van der Waals surface area (Å²) in [7, 11) is 1.93. The molecule has 1 aromatic carbocycles. The molecular weight excluding hydrogens is 186 g/mol. The molecule has 0 atom stereocenters. The van der Waals surface area contributed by atoms with Gasteiger partial charge >= 0.3 is 0 Å². The van der Waals surface area contributed by atoms with E-state index in [1.54, 1.807) is 0 Å². The number of rotatable bonds is 4. The van der Waals surface area contributed by atoms with Crippen molar-refractivity contribution in [2.24, 2.45) is 0 Å². The van der Waals surface area contributed by atoms with Crippen LogP contribution in [0.3, 0.4) is 0 Å². The number of hydrogen-bond acceptors (Lipinski definition) is 2. The van der Waals surface area contributed by atoms with Crippen molar-refractivity contribution >= 4 is 11.5 Å². The number of ketones is 1. The number of Topliss-reactive ketones (excluding diaryl/α,β-unsaturated/α-hetero) is 1. The molecule has 0 heterocycles. The van der Waals surface area contributed by atoms with Crippen LogP contribution in [0.1, 0.15) is 23.7 Å². The fraction of sp³-hybridized carbons (Fsp3) is 0.308. The fourth-order valence-electron chi connectivity index (χ4n) is 1.33. The summed E-state index contributed by atoms with van der Waals surface area (Å²) < 4.78 is 0. The van der Waals surface area contributed by atoms with E-state index in [2.05, 4.69) is 5.92 Å². The van der Waals surface area contributed by atoms with Gasteiger partial charge in [0.15, 0.2) is 5.78 Å². The molecule has 0 aliphatic heterocycles. The third-order valence-corrected chi connectivity index (χ3v) is 2.28. The van der Waals surface area contributed by atoms with Crippen molar-refractivity contribution in [1.82, 2.24) is 0 Å². The minimum absolute atomic E-state index is 0.168. The van der Waals surface area contributed by atoms with Crippen molar-refractivity contribution in [2.45, 2.75) is 13.3 Å². The molecule has 0 amide bonds. The summed E-state index contributed by atoms with van der Waals surface area (Å²) in [5.74, 6) is 2.74. The second-order valence-corrected chi connectivity index (χ2v) is 3.38. The van der Waals surface area contributed by atoms with Crippen LogP contribution in [0, 0.1) is 12.3 Å². The van der Waals surface area contributed by atoms with Crippen LogP contribution < -0.4 is 4.90 Å². The van der Waals surface area contributed by atoms with E-state index in [9.17, 15) is 4.79 Å². The van der Waals surface area contributed by atoms with Crippen molar-refractivity contribution in [3.05, 3.63) is 29.8 Å². The van der Waals surface area contributed by atoms with Crippen molar-refractivity contribution in [3.63, 3.8) is 0 Å². The molecule has 0 unspecified atom stereocenters. The van der Waals surface area contributed by atoms with Gasteiger partial charge in [0.05, 0.1) is 6.54 Å². The van der Waals surface area contributed by atoms with Gasteiger partial charge in [0.25, 0.3) is 0 Å². The summed E-state index contributed by atoms with van der Waals surface area (Å²) >= 11 is 0. The van der Waals surface area contributed by atoms with Gasteiger partial charge in [-0.1, -0.05) is 12.8 Å². The molecule has 0 fully saturated rings. The van der Waals surface area contributed by atoms with Crippen molar-refractivity contribution in [1.29, 1.82) is 0 Å². The van der Waals surface area contributed by atoms with Gasteiger partial charge in [0.2, 0.25) is 0 Å². The summed E-state index contributed by atoms with van der Waals surface area (Å²) in [4.78, 5) is 13.3. The van der Waals surface area contributed by atoms with Crippen molar-refractivity contribution in [2.75, 3.05) is 18.5 Å². The third-order valence-electron chi connectivity index (χ3n) is 2.28. The van der Waals surface area contributed by atoms with Crippen LogP contribution in [0.25, 0.3) is 0 Å². The Morgan fingerprint density at radius 2 is 2.00 bits per heavy atom. The van der Waals surface area contributed by atoms with Crippen LogP contribution in [0.4, 0.5) is 5.69 Å². The van der Waals surface area contributed by atoms with Gasteiger partial charge in [0, 0.05) is 24.7 Å². The predicted molar refractivity (Wildman–Crippen MR) is 63.2 cm³/mol. The van der Waals surface area contributed by atoms with Crippen LogP contribution in [-0.4, -0.2) is 19.4 Å². The summed E-state index contributed by atoms with van der Waals surface area (Å²) in [5.41, 5.74) is 1.79. The maximum atomic E-state index is 11.4. The zero-order valence-corrected chi connectivity index (χ0v) is 9.16. The lowest BCUT2D eigenvalue weighted by atomic mass is 10.1. The highest BCUT2D eigenvalue weighted by Gasteiger charge is 2.03. The van der Waals surface area contributed by atoms with Gasteiger partial charge in [-0.25, -0.2) is 0 Å². The Hall–Kier alpha value is -1.75. The van der Waals surface area contributed by atoms with Gasteiger partial charge in [-0.2, -0.15) is 0 Å². The van der Waals surface area contributed by atoms with Crippen LogP contribution in [0.5, 0.6) is 0 Å². The number of carbonyl (C=O) groups is 1. The number of benzene rings is 1. The molecule has 2 nitrogen and oxygen atoms in total. The first-order chi connectivity index (χ1) is 7.19. The van der Waals surface area contributed by atoms with Crippen molar-refractivity contribution in [3.8, 4) is 12.3 Å². The average Bonchev–Trinajstić information content (AvgIpc) is 2.28. The SMILES string of the molecule is C#CCN(C)c1ccc(C(=O)CC)cc1. The van der Waals surface area contributed by atoms with E-state index in [4.69, 9.17) is 6.42 Å². The highest BCUT2D eigenvalue weighted by atomic mass is 16.1. The molecular formula is C13H15NO. The lowest BCUT2D eigenvalue weighted by Crippen LogP contribution is -2.16. The standard InChI is InChI=1S/C13H15NO/c1-4-10-14(3)12-8-6-11(7-9-12)13(15)5-2/h1,6-9H,5,10H2,2-3H3. The van der Waals surface area contributed by atoms with E-state index in [0.29, 0.717) is 13.0 Å². The maximum Gasteiger partial charge on any atom is 0.162 e. The second kappa shape index (κ2) is 5.21. The number of hydrogen-bond donors (Lipinski definition) is 0. The van der Waals surface area contributed by atoms with E-state index >= 15 is 0 Å². The summed E-state index contributed by atoms with van der Waals surface area (Å²) in [6.45, 7) is 2.43. The minimum atomic E-state index is 0.168. The van der Waals surface area contributed by atoms with Gasteiger partial charge < -0.3 is 4.90 Å². The molecule has 15 heavy (non-hydrogen) atoms. The summed E-state index contributed by atoms with van der Waals surface area (Å²) in [6, 6.07) is 7.52. The normalized spacial score (nSPS) is 9.40. The first-order valence-electron chi connectivity index (χ1n) is 4.97. The molecule has 1 rings (SSSR count). The molecule has 0 aromatic heterocycles. The smallest absolute Gasteiger partial charge is 0.162 e. The molecule has 0 radical (unpaired) electrons. The first-order valence-corrected chi connectivity index (χ1v) is 4.97. The summed E-state index contributed by atoms with van der Waals surface area (Å²) in [5, 5.41) is 0. The maximum absolute atomic E-state index is 11.4. The van der Waals surface area contributed by atoms with E-state index < -0.39 is 0 Å². The Labute approximate surface area is 90.9 Å². The van der Waals surface area contributed by atoms with Gasteiger partial charge in [-0.15, -0.1) is 6.42 Å². The van der Waals surface area contributed by atoms with Gasteiger partial charge in [-0.3, -0.25) is 4.79 Å². The van der Waals surface area contributed by atoms with E-state index in [0.717, 1.165) is 11.3 Å². The lowest BCUT2D eigenvalue weighted by molar-refractivity contribution is 0.0988. The van der Waals surface area contributed by atoms with Crippen LogP contribution >= 0.6 is 0 Å². The largest absolute Gasteiger partial charge is 0.363 e. The minimum Gasteiger partial charge on any atom is -0.363 e. The van der Waals surface area contributed by atoms with Crippen molar-refractivity contribution < 1.29 is 4.79 Å². The molecule has 0 saturated heterocycles. The molecule has 1 aromatic rings. The van der Waals surface area contributed by atoms with E-state index in [1.165, 1.54) is 0 Å². The molecule has 78 valence electrons. The fourth-order valence-corrected chi connectivity index (χ4v) is 1.33. The summed E-state index contributed by atoms with van der Waals surface area (Å²) in [6.07, 6.45) is 5.76. The number of nitrogens with zero attached hydrogens (tertiary/aromatic N) is 1. The number of anilines is 1. The van der Waals surface area contributed by atoms with Crippen LogP contribution in [-0.2, 0) is 0 Å². The molecule has 0 aliphatic rings. The zero-order valence-electron chi connectivity index (χ0n) is 9.16. The quantitative estimate of drug-likeness (QED) is 0.550. The van der Waals surface area contributed by atoms with E-state index in [-0.39, 0.29) is 5.78 Å².